The van der Waals surface area contributed by atoms with Gasteiger partial charge in [-0.05, 0) is 65.3 Å². The molecule has 0 saturated carbocycles. The fourth-order valence-electron chi connectivity index (χ4n) is 4.20. The van der Waals surface area contributed by atoms with Gasteiger partial charge < -0.3 is 0 Å². The molecule has 2 aromatic carbocycles. The van der Waals surface area contributed by atoms with Crippen LogP contribution in [-0.2, 0) is 4.79 Å². The molecule has 2 aliphatic rings. The fourth-order valence-corrected chi connectivity index (χ4v) is 4.78. The van der Waals surface area contributed by atoms with E-state index >= 15 is 0 Å². The van der Waals surface area contributed by atoms with E-state index in [4.69, 9.17) is 16.7 Å². The summed E-state index contributed by atoms with van der Waals surface area (Å²) < 4.78 is 1.17. The average molecular weight is 537 g/mol. The highest BCUT2D eigenvalue weighted by atomic mass is 127. The zero-order valence-electron chi connectivity index (χ0n) is 17.0. The summed E-state index contributed by atoms with van der Waals surface area (Å²) in [5, 5.41) is 9.37. The molecular formula is C23H26ClIN4O. The number of para-hydroxylation sites is 1. The van der Waals surface area contributed by atoms with E-state index in [1.165, 1.54) is 16.4 Å². The molecule has 7 heteroatoms. The number of anilines is 1. The second-order valence-electron chi connectivity index (χ2n) is 7.91. The van der Waals surface area contributed by atoms with Crippen LogP contribution in [0.4, 0.5) is 5.69 Å². The van der Waals surface area contributed by atoms with Gasteiger partial charge in [0.1, 0.15) is 5.71 Å². The lowest BCUT2D eigenvalue weighted by atomic mass is 9.91. The summed E-state index contributed by atoms with van der Waals surface area (Å²) in [5.41, 5.74) is 5.57. The van der Waals surface area contributed by atoms with E-state index in [0.717, 1.165) is 37.2 Å². The first-order chi connectivity index (χ1) is 14.5. The molecule has 30 heavy (non-hydrogen) atoms. The maximum atomic E-state index is 13.2. The van der Waals surface area contributed by atoms with Crippen molar-refractivity contribution in [2.75, 3.05) is 18.1 Å². The third-order valence-corrected chi connectivity index (χ3v) is 6.83. The molecule has 0 bridgehead atoms. The highest BCUT2D eigenvalue weighted by Crippen LogP contribution is 2.41. The standard InChI is InChI=1S/C23H26ClIN4O/c1-16-21(23(30)27-28-14-6-2-3-7-15-28)26-29(20-9-5-4-8-19(20)24)22(16)17-10-12-18(25)13-11-17/h4-5,8-13,16,22H,2-3,6-7,14-15H2,1H3,(H,27,30)/t16-,22+/m0/s1. The molecule has 2 heterocycles. The Hall–Kier alpha value is -1.64. The predicted molar refractivity (Wildman–Crippen MR) is 131 cm³/mol. The van der Waals surface area contributed by atoms with Gasteiger partial charge >= 0.3 is 0 Å². The van der Waals surface area contributed by atoms with Crippen molar-refractivity contribution in [2.45, 2.75) is 38.6 Å². The van der Waals surface area contributed by atoms with Gasteiger partial charge in [0, 0.05) is 22.6 Å². The van der Waals surface area contributed by atoms with E-state index in [1.54, 1.807) is 0 Å². The topological polar surface area (TPSA) is 47.9 Å². The minimum absolute atomic E-state index is 0.0756. The van der Waals surface area contributed by atoms with Crippen LogP contribution in [-0.4, -0.2) is 29.7 Å². The van der Waals surface area contributed by atoms with E-state index in [-0.39, 0.29) is 17.9 Å². The van der Waals surface area contributed by atoms with Crippen molar-refractivity contribution in [3.8, 4) is 0 Å². The number of benzene rings is 2. The van der Waals surface area contributed by atoms with Crippen molar-refractivity contribution < 1.29 is 4.79 Å². The van der Waals surface area contributed by atoms with Crippen molar-refractivity contribution in [1.82, 2.24) is 10.4 Å². The number of hydrazine groups is 1. The van der Waals surface area contributed by atoms with Crippen LogP contribution in [0.1, 0.15) is 44.2 Å². The normalized spacial score (nSPS) is 22.5. The molecule has 0 radical (unpaired) electrons. The van der Waals surface area contributed by atoms with E-state index in [1.807, 2.05) is 34.3 Å². The molecule has 1 N–H and O–H groups in total. The monoisotopic (exact) mass is 536 g/mol. The molecular weight excluding hydrogens is 511 g/mol. The van der Waals surface area contributed by atoms with Crippen molar-refractivity contribution in [3.63, 3.8) is 0 Å². The molecule has 0 spiro atoms. The van der Waals surface area contributed by atoms with Crippen LogP contribution in [0.25, 0.3) is 0 Å². The molecule has 1 fully saturated rings. The quantitative estimate of drug-likeness (QED) is 0.532. The number of rotatable bonds is 4. The SMILES string of the molecule is C[C@H]1C(C(=O)NN2CCCCCC2)=NN(c2ccccc2Cl)[C@H]1c1ccc(I)cc1. The van der Waals surface area contributed by atoms with Gasteiger partial charge in [-0.2, -0.15) is 5.10 Å². The van der Waals surface area contributed by atoms with Gasteiger partial charge in [0.2, 0.25) is 0 Å². The van der Waals surface area contributed by atoms with Crippen LogP contribution in [0.15, 0.2) is 53.6 Å². The van der Waals surface area contributed by atoms with Crippen LogP contribution in [0.3, 0.4) is 0 Å². The van der Waals surface area contributed by atoms with Gasteiger partial charge in [0.15, 0.2) is 0 Å². The Morgan fingerprint density at radius 2 is 1.73 bits per heavy atom. The van der Waals surface area contributed by atoms with Gasteiger partial charge in [-0.3, -0.25) is 15.2 Å². The summed E-state index contributed by atoms with van der Waals surface area (Å²) in [5.74, 6) is -0.192. The van der Waals surface area contributed by atoms with Crippen molar-refractivity contribution in [3.05, 3.63) is 62.7 Å². The third kappa shape index (κ3) is 4.65. The molecule has 158 valence electrons. The number of hydrazone groups is 1. The third-order valence-electron chi connectivity index (χ3n) is 5.79. The molecule has 0 aromatic heterocycles. The molecule has 2 aromatic rings. The number of nitrogens with zero attached hydrogens (tertiary/aromatic N) is 3. The Balaban J connectivity index is 1.65. The molecule has 0 unspecified atom stereocenters. The Morgan fingerprint density at radius 1 is 1.07 bits per heavy atom. The van der Waals surface area contributed by atoms with Gasteiger partial charge in [0.25, 0.3) is 5.91 Å². The highest BCUT2D eigenvalue weighted by Gasteiger charge is 2.40. The number of carbonyl (C=O) groups excluding carboxylic acids is 1. The first kappa shape index (κ1) is 21.6. The first-order valence-electron chi connectivity index (χ1n) is 10.5. The first-order valence-corrected chi connectivity index (χ1v) is 11.9. The maximum Gasteiger partial charge on any atom is 0.282 e. The lowest BCUT2D eigenvalue weighted by Gasteiger charge is -2.27. The molecule has 1 amide bonds. The number of halogens is 2. The second kappa shape index (κ2) is 9.66. The zero-order chi connectivity index (χ0) is 21.1. The maximum absolute atomic E-state index is 13.2. The van der Waals surface area contributed by atoms with Crippen LogP contribution in [0, 0.1) is 9.49 Å². The number of amides is 1. The molecule has 0 aliphatic carbocycles. The van der Waals surface area contributed by atoms with E-state index < -0.39 is 0 Å². The van der Waals surface area contributed by atoms with Gasteiger partial charge in [-0.15, -0.1) is 0 Å². The van der Waals surface area contributed by atoms with Crippen LogP contribution < -0.4 is 10.4 Å². The summed E-state index contributed by atoms with van der Waals surface area (Å²) in [6.45, 7) is 3.85. The van der Waals surface area contributed by atoms with Crippen LogP contribution in [0.2, 0.25) is 5.02 Å². The number of nitrogens with one attached hydrogen (secondary N) is 1. The summed E-state index contributed by atoms with van der Waals surface area (Å²) in [4.78, 5) is 13.2. The zero-order valence-corrected chi connectivity index (χ0v) is 19.9. The molecule has 5 nitrogen and oxygen atoms in total. The molecule has 2 aliphatic heterocycles. The van der Waals surface area contributed by atoms with Crippen molar-refractivity contribution in [2.24, 2.45) is 11.0 Å². The Kier molecular flexibility index (Phi) is 6.95. The summed E-state index contributed by atoms with van der Waals surface area (Å²) in [7, 11) is 0. The smallest absolute Gasteiger partial charge is 0.282 e. The lowest BCUT2D eigenvalue weighted by Crippen LogP contribution is -2.46. The summed E-state index contributed by atoms with van der Waals surface area (Å²) >= 11 is 8.81. The fraction of sp³-hybridized carbons (Fsp3) is 0.391. The van der Waals surface area contributed by atoms with E-state index in [2.05, 4.69) is 59.2 Å². The minimum atomic E-state index is -0.116. The molecule has 2 atom stereocenters. The Labute approximate surface area is 196 Å². The van der Waals surface area contributed by atoms with Gasteiger partial charge in [0.05, 0.1) is 16.8 Å². The largest absolute Gasteiger partial charge is 0.284 e. The Bertz CT molecular complexity index is 925. The molecule has 1 saturated heterocycles. The summed E-state index contributed by atoms with van der Waals surface area (Å²) in [6.07, 6.45) is 4.66. The second-order valence-corrected chi connectivity index (χ2v) is 9.56. The van der Waals surface area contributed by atoms with Gasteiger partial charge in [-0.1, -0.05) is 55.6 Å². The molecule has 4 rings (SSSR count). The average Bonchev–Trinajstić information content (AvgIpc) is 2.89. The van der Waals surface area contributed by atoms with E-state index in [9.17, 15) is 4.79 Å². The predicted octanol–water partition coefficient (Wildman–Crippen LogP) is 5.41. The van der Waals surface area contributed by atoms with Crippen molar-refractivity contribution in [1.29, 1.82) is 0 Å². The van der Waals surface area contributed by atoms with Crippen molar-refractivity contribution >= 4 is 51.5 Å². The van der Waals surface area contributed by atoms with Crippen LogP contribution in [0.5, 0.6) is 0 Å². The lowest BCUT2D eigenvalue weighted by molar-refractivity contribution is -0.119. The Morgan fingerprint density at radius 3 is 2.40 bits per heavy atom. The van der Waals surface area contributed by atoms with Crippen LogP contribution >= 0.6 is 34.2 Å². The number of carbonyl (C=O) groups is 1. The minimum Gasteiger partial charge on any atom is -0.284 e. The van der Waals surface area contributed by atoms with Gasteiger partial charge in [-0.25, -0.2) is 5.01 Å². The number of hydrogen-bond donors (Lipinski definition) is 1. The van der Waals surface area contributed by atoms with E-state index in [0.29, 0.717) is 10.7 Å². The number of hydrogen-bond acceptors (Lipinski definition) is 4. The summed E-state index contributed by atoms with van der Waals surface area (Å²) in [6, 6.07) is 16.0. The highest BCUT2D eigenvalue weighted by molar-refractivity contribution is 14.1.